The van der Waals surface area contributed by atoms with Crippen molar-refractivity contribution in [2.45, 2.75) is 12.8 Å². The molecule has 2 amide bonds. The van der Waals surface area contributed by atoms with E-state index in [0.29, 0.717) is 22.1 Å². The molecule has 26 heavy (non-hydrogen) atoms. The summed E-state index contributed by atoms with van der Waals surface area (Å²) in [5.74, 6) is 0.528. The van der Waals surface area contributed by atoms with Crippen LogP contribution in [0.15, 0.2) is 42.5 Å². The van der Waals surface area contributed by atoms with Crippen molar-refractivity contribution in [3.8, 4) is 5.75 Å². The minimum Gasteiger partial charge on any atom is -0.494 e. The highest BCUT2D eigenvalue weighted by atomic mass is 32.1. The van der Waals surface area contributed by atoms with Crippen molar-refractivity contribution in [1.29, 1.82) is 0 Å². The second-order valence-corrected chi connectivity index (χ2v) is 7.16. The third-order valence-electron chi connectivity index (χ3n) is 4.16. The van der Waals surface area contributed by atoms with Gasteiger partial charge in [0.05, 0.1) is 11.8 Å². The fraction of sp³-hybridized carbons (Fsp3) is 0.211. The second-order valence-electron chi connectivity index (χ2n) is 6.12. The Morgan fingerprint density at radius 3 is 2.73 bits per heavy atom. The monoisotopic (exact) mass is 367 g/mol. The van der Waals surface area contributed by atoms with Gasteiger partial charge in [0.15, 0.2) is 5.13 Å². The first-order valence-corrected chi connectivity index (χ1v) is 9.11. The van der Waals surface area contributed by atoms with Gasteiger partial charge in [0.1, 0.15) is 11.3 Å². The lowest BCUT2D eigenvalue weighted by molar-refractivity contribution is -0.117. The summed E-state index contributed by atoms with van der Waals surface area (Å²) in [5, 5.41) is 6.17. The number of methoxy groups -OCH3 is 1. The Morgan fingerprint density at radius 1 is 1.15 bits per heavy atom. The number of thiazole rings is 1. The predicted octanol–water partition coefficient (Wildman–Crippen LogP) is 3.91. The molecule has 2 aromatic carbocycles. The van der Waals surface area contributed by atoms with Crippen LogP contribution in [0, 0.1) is 5.92 Å². The molecule has 0 atom stereocenters. The van der Waals surface area contributed by atoms with Crippen molar-refractivity contribution in [2.24, 2.45) is 5.92 Å². The molecule has 1 aromatic heterocycles. The van der Waals surface area contributed by atoms with E-state index in [1.54, 1.807) is 31.4 Å². The molecule has 2 N–H and O–H groups in total. The number of anilines is 2. The summed E-state index contributed by atoms with van der Waals surface area (Å²) in [6.07, 6.45) is 1.88. The Bertz CT molecular complexity index is 995. The third-order valence-corrected chi connectivity index (χ3v) is 5.10. The quantitative estimate of drug-likeness (QED) is 0.717. The predicted molar refractivity (Wildman–Crippen MR) is 102 cm³/mol. The summed E-state index contributed by atoms with van der Waals surface area (Å²) in [7, 11) is 1.59. The highest BCUT2D eigenvalue weighted by molar-refractivity contribution is 7.22. The molecule has 0 aliphatic heterocycles. The number of benzene rings is 2. The van der Waals surface area contributed by atoms with Crippen molar-refractivity contribution in [1.82, 2.24) is 4.98 Å². The summed E-state index contributed by atoms with van der Waals surface area (Å²) in [6.45, 7) is 0. The number of ether oxygens (including phenoxy) is 1. The molecule has 132 valence electrons. The zero-order valence-electron chi connectivity index (χ0n) is 14.1. The number of carbonyl (C=O) groups excluding carboxylic acids is 2. The van der Waals surface area contributed by atoms with Gasteiger partial charge in [-0.05, 0) is 43.2 Å². The number of hydrogen-bond acceptors (Lipinski definition) is 5. The van der Waals surface area contributed by atoms with E-state index in [1.165, 1.54) is 11.3 Å². The van der Waals surface area contributed by atoms with Gasteiger partial charge in [-0.3, -0.25) is 14.9 Å². The summed E-state index contributed by atoms with van der Waals surface area (Å²) >= 11 is 1.38. The van der Waals surface area contributed by atoms with E-state index in [9.17, 15) is 9.59 Å². The van der Waals surface area contributed by atoms with Gasteiger partial charge in [0, 0.05) is 17.2 Å². The molecule has 4 rings (SSSR count). The van der Waals surface area contributed by atoms with E-state index < -0.39 is 0 Å². The third kappa shape index (κ3) is 3.39. The van der Waals surface area contributed by atoms with Crippen LogP contribution in [0.4, 0.5) is 10.8 Å². The number of amides is 2. The molecule has 3 aromatic rings. The van der Waals surface area contributed by atoms with E-state index in [-0.39, 0.29) is 17.7 Å². The molecule has 0 saturated heterocycles. The Morgan fingerprint density at radius 2 is 1.96 bits per heavy atom. The molecule has 0 unspecified atom stereocenters. The SMILES string of the molecule is COc1cccc2sc(NC(=O)c3cccc(NC(=O)C4CC4)c3)nc12. The molecule has 6 nitrogen and oxygen atoms in total. The van der Waals surface area contributed by atoms with Gasteiger partial charge in [0.2, 0.25) is 5.91 Å². The standard InChI is InChI=1S/C19H17N3O3S/c1-25-14-6-3-7-15-16(14)21-19(26-15)22-18(24)12-4-2-5-13(10-12)20-17(23)11-8-9-11/h2-7,10-11H,8-9H2,1H3,(H,20,23)(H,21,22,24). The highest BCUT2D eigenvalue weighted by Gasteiger charge is 2.29. The molecule has 1 heterocycles. The van der Waals surface area contributed by atoms with Crippen molar-refractivity contribution in [3.63, 3.8) is 0 Å². The van der Waals surface area contributed by atoms with Crippen LogP contribution in [-0.2, 0) is 4.79 Å². The lowest BCUT2D eigenvalue weighted by atomic mass is 10.2. The summed E-state index contributed by atoms with van der Waals surface area (Å²) in [4.78, 5) is 28.9. The fourth-order valence-electron chi connectivity index (χ4n) is 2.64. The molecule has 1 aliphatic carbocycles. The van der Waals surface area contributed by atoms with Gasteiger partial charge >= 0.3 is 0 Å². The van der Waals surface area contributed by atoms with Crippen LogP contribution < -0.4 is 15.4 Å². The van der Waals surface area contributed by atoms with E-state index in [4.69, 9.17) is 4.74 Å². The minimum atomic E-state index is -0.273. The summed E-state index contributed by atoms with van der Waals surface area (Å²) < 4.78 is 6.23. The van der Waals surface area contributed by atoms with Crippen molar-refractivity contribution in [3.05, 3.63) is 48.0 Å². The average molecular weight is 367 g/mol. The Balaban J connectivity index is 1.52. The second kappa shape index (κ2) is 6.76. The van der Waals surface area contributed by atoms with E-state index >= 15 is 0 Å². The van der Waals surface area contributed by atoms with Crippen molar-refractivity contribution in [2.75, 3.05) is 17.7 Å². The van der Waals surface area contributed by atoms with Gasteiger partial charge < -0.3 is 10.1 Å². The molecule has 7 heteroatoms. The van der Waals surface area contributed by atoms with E-state index in [0.717, 1.165) is 23.1 Å². The Kier molecular flexibility index (Phi) is 4.30. The normalized spacial score (nSPS) is 13.4. The first-order chi connectivity index (χ1) is 12.6. The molecule has 1 saturated carbocycles. The number of rotatable bonds is 5. The molecule has 1 fully saturated rings. The molecule has 0 radical (unpaired) electrons. The molecule has 1 aliphatic rings. The van der Waals surface area contributed by atoms with E-state index in [1.807, 2.05) is 18.2 Å². The summed E-state index contributed by atoms with van der Waals surface area (Å²) in [6, 6.07) is 12.5. The first kappa shape index (κ1) is 16.5. The minimum absolute atomic E-state index is 0.0147. The van der Waals surface area contributed by atoms with Crippen LogP contribution in [0.5, 0.6) is 5.75 Å². The number of aromatic nitrogens is 1. The van der Waals surface area contributed by atoms with Gasteiger partial charge in [-0.1, -0.05) is 23.5 Å². The average Bonchev–Trinajstić information content (AvgIpc) is 3.42. The molecule has 0 bridgehead atoms. The van der Waals surface area contributed by atoms with Crippen LogP contribution in [0.1, 0.15) is 23.2 Å². The van der Waals surface area contributed by atoms with Gasteiger partial charge in [-0.25, -0.2) is 4.98 Å². The van der Waals surface area contributed by atoms with Crippen LogP contribution >= 0.6 is 11.3 Å². The first-order valence-electron chi connectivity index (χ1n) is 8.30. The van der Waals surface area contributed by atoms with Gasteiger partial charge in [0.25, 0.3) is 5.91 Å². The van der Waals surface area contributed by atoms with Crippen molar-refractivity contribution < 1.29 is 14.3 Å². The maximum atomic E-state index is 12.5. The Labute approximate surface area is 154 Å². The smallest absolute Gasteiger partial charge is 0.257 e. The van der Waals surface area contributed by atoms with Crippen LogP contribution in [0.25, 0.3) is 10.2 Å². The maximum absolute atomic E-state index is 12.5. The topological polar surface area (TPSA) is 80.3 Å². The zero-order chi connectivity index (χ0) is 18.1. The zero-order valence-corrected chi connectivity index (χ0v) is 14.9. The molecular formula is C19H17N3O3S. The largest absolute Gasteiger partial charge is 0.494 e. The van der Waals surface area contributed by atoms with Crippen LogP contribution in [0.2, 0.25) is 0 Å². The van der Waals surface area contributed by atoms with Crippen LogP contribution in [-0.4, -0.2) is 23.9 Å². The lowest BCUT2D eigenvalue weighted by Gasteiger charge is -2.06. The van der Waals surface area contributed by atoms with Crippen LogP contribution in [0.3, 0.4) is 0 Å². The van der Waals surface area contributed by atoms with E-state index in [2.05, 4.69) is 15.6 Å². The number of nitrogens with one attached hydrogen (secondary N) is 2. The number of fused-ring (bicyclic) bond motifs is 1. The van der Waals surface area contributed by atoms with Crippen molar-refractivity contribution >= 4 is 44.2 Å². The Hall–Kier alpha value is -2.93. The lowest BCUT2D eigenvalue weighted by Crippen LogP contribution is -2.15. The number of carbonyl (C=O) groups is 2. The number of para-hydroxylation sites is 1. The highest BCUT2D eigenvalue weighted by Crippen LogP contribution is 2.32. The fourth-order valence-corrected chi connectivity index (χ4v) is 3.52. The number of nitrogens with zero attached hydrogens (tertiary/aromatic N) is 1. The van der Waals surface area contributed by atoms with Gasteiger partial charge in [-0.15, -0.1) is 0 Å². The summed E-state index contributed by atoms with van der Waals surface area (Å²) in [5.41, 5.74) is 1.81. The maximum Gasteiger partial charge on any atom is 0.257 e. The van der Waals surface area contributed by atoms with Gasteiger partial charge in [-0.2, -0.15) is 0 Å². The molecule has 0 spiro atoms. The number of hydrogen-bond donors (Lipinski definition) is 2. The molecular weight excluding hydrogens is 350 g/mol.